The van der Waals surface area contributed by atoms with E-state index in [1.807, 2.05) is 13.0 Å². The lowest BCUT2D eigenvalue weighted by Gasteiger charge is -2.39. The van der Waals surface area contributed by atoms with Gasteiger partial charge in [0.15, 0.2) is 0 Å². The first kappa shape index (κ1) is 13.8. The zero-order chi connectivity index (χ0) is 13.9. The fraction of sp³-hybridized carbons (Fsp3) is 0.733. The number of nitrogens with zero attached hydrogens (tertiary/aromatic N) is 3. The number of aryl methyl sites for hydroxylation is 1. The molecule has 2 N–H and O–H groups in total. The van der Waals surface area contributed by atoms with Crippen molar-refractivity contribution in [2.45, 2.75) is 51.2 Å². The highest BCUT2D eigenvalue weighted by Gasteiger charge is 2.29. The van der Waals surface area contributed by atoms with E-state index in [4.69, 9.17) is 10.5 Å². The summed E-state index contributed by atoms with van der Waals surface area (Å²) in [6, 6.07) is 2.58. The Hall–Kier alpha value is -1.20. The Bertz CT molecular complexity index is 439. The summed E-state index contributed by atoms with van der Waals surface area (Å²) in [5.41, 5.74) is 6.75. The summed E-state index contributed by atoms with van der Waals surface area (Å²) in [5.74, 6) is 1.25. The van der Waals surface area contributed by atoms with Crippen molar-refractivity contribution in [3.8, 4) is 0 Å². The molecule has 2 aliphatic rings. The summed E-state index contributed by atoms with van der Waals surface area (Å²) >= 11 is 0. The van der Waals surface area contributed by atoms with E-state index in [-0.39, 0.29) is 6.10 Å². The first-order valence-electron chi connectivity index (χ1n) is 7.69. The van der Waals surface area contributed by atoms with E-state index in [0.717, 1.165) is 37.3 Å². The minimum atomic E-state index is 0.0367. The lowest BCUT2D eigenvalue weighted by atomic mass is 9.93. The molecular formula is C15H24N4O. The monoisotopic (exact) mass is 276 g/mol. The van der Waals surface area contributed by atoms with Crippen LogP contribution in [0.4, 0.5) is 5.82 Å². The molecular weight excluding hydrogens is 252 g/mol. The van der Waals surface area contributed by atoms with E-state index in [0.29, 0.717) is 5.82 Å². The largest absolute Gasteiger partial charge is 0.384 e. The van der Waals surface area contributed by atoms with Gasteiger partial charge in [0.1, 0.15) is 17.7 Å². The predicted molar refractivity (Wildman–Crippen MR) is 78.3 cm³/mol. The Kier molecular flexibility index (Phi) is 4.17. The van der Waals surface area contributed by atoms with E-state index in [1.54, 1.807) is 0 Å². The molecule has 0 unspecified atom stereocenters. The molecule has 1 saturated heterocycles. The average Bonchev–Trinajstić information content (AvgIpc) is 2.47. The Morgan fingerprint density at radius 3 is 2.80 bits per heavy atom. The van der Waals surface area contributed by atoms with Crippen LogP contribution in [-0.2, 0) is 4.74 Å². The van der Waals surface area contributed by atoms with Crippen LogP contribution in [0.3, 0.4) is 0 Å². The van der Waals surface area contributed by atoms with E-state index in [9.17, 15) is 0 Å². The molecule has 1 atom stereocenters. The van der Waals surface area contributed by atoms with Gasteiger partial charge in [-0.3, -0.25) is 4.90 Å². The van der Waals surface area contributed by atoms with Crippen molar-refractivity contribution in [3.63, 3.8) is 0 Å². The molecule has 0 bridgehead atoms. The van der Waals surface area contributed by atoms with Gasteiger partial charge in [0, 0.05) is 25.2 Å². The molecule has 0 amide bonds. The number of hydrogen-bond donors (Lipinski definition) is 1. The van der Waals surface area contributed by atoms with E-state index < -0.39 is 0 Å². The van der Waals surface area contributed by atoms with Gasteiger partial charge in [0.05, 0.1) is 12.3 Å². The Morgan fingerprint density at radius 1 is 1.25 bits per heavy atom. The molecule has 1 saturated carbocycles. The predicted octanol–water partition coefficient (Wildman–Crippen LogP) is 2.07. The highest BCUT2D eigenvalue weighted by molar-refractivity contribution is 5.30. The van der Waals surface area contributed by atoms with Crippen molar-refractivity contribution >= 4 is 5.82 Å². The van der Waals surface area contributed by atoms with Gasteiger partial charge in [-0.05, 0) is 19.8 Å². The number of nitrogens with two attached hydrogens (primary N) is 1. The number of hydrogen-bond acceptors (Lipinski definition) is 5. The van der Waals surface area contributed by atoms with E-state index in [2.05, 4.69) is 14.9 Å². The van der Waals surface area contributed by atoms with Gasteiger partial charge in [-0.15, -0.1) is 0 Å². The Balaban J connectivity index is 1.70. The highest BCUT2D eigenvalue weighted by Crippen LogP contribution is 2.28. The number of anilines is 1. The Morgan fingerprint density at radius 2 is 2.05 bits per heavy atom. The number of ether oxygens (including phenoxy) is 1. The summed E-state index contributed by atoms with van der Waals surface area (Å²) in [6.07, 6.45) is 6.83. The summed E-state index contributed by atoms with van der Waals surface area (Å²) in [5, 5.41) is 0. The van der Waals surface area contributed by atoms with Crippen LogP contribution >= 0.6 is 0 Å². The van der Waals surface area contributed by atoms with Crippen molar-refractivity contribution in [1.82, 2.24) is 14.9 Å². The quantitative estimate of drug-likeness (QED) is 0.896. The van der Waals surface area contributed by atoms with Crippen LogP contribution in [0.2, 0.25) is 0 Å². The molecule has 20 heavy (non-hydrogen) atoms. The zero-order valence-electron chi connectivity index (χ0n) is 12.2. The summed E-state index contributed by atoms with van der Waals surface area (Å²) in [7, 11) is 0. The third kappa shape index (κ3) is 3.10. The van der Waals surface area contributed by atoms with Crippen LogP contribution in [0.5, 0.6) is 0 Å². The van der Waals surface area contributed by atoms with Gasteiger partial charge in [-0.1, -0.05) is 19.3 Å². The van der Waals surface area contributed by atoms with E-state index >= 15 is 0 Å². The molecule has 1 aliphatic heterocycles. The minimum absolute atomic E-state index is 0.0367. The molecule has 1 aliphatic carbocycles. The fourth-order valence-electron chi connectivity index (χ4n) is 3.41. The summed E-state index contributed by atoms with van der Waals surface area (Å²) < 4.78 is 5.91. The van der Waals surface area contributed by atoms with Crippen LogP contribution < -0.4 is 5.73 Å². The molecule has 5 nitrogen and oxygen atoms in total. The van der Waals surface area contributed by atoms with Gasteiger partial charge < -0.3 is 10.5 Å². The molecule has 3 rings (SSSR count). The normalized spacial score (nSPS) is 25.8. The first-order valence-corrected chi connectivity index (χ1v) is 7.69. The standard InChI is InChI=1S/C15H24N4O/c1-11-17-13(9-15(16)18-11)14-10-19(7-8-20-14)12-5-3-2-4-6-12/h9,12,14H,2-8,10H2,1H3,(H2,16,17,18)/t14-/m0/s1. The van der Waals surface area contributed by atoms with Crippen molar-refractivity contribution in [3.05, 3.63) is 17.6 Å². The second-order valence-corrected chi connectivity index (χ2v) is 5.91. The molecule has 0 spiro atoms. The van der Waals surface area contributed by atoms with Gasteiger partial charge in [-0.2, -0.15) is 0 Å². The summed E-state index contributed by atoms with van der Waals surface area (Å²) in [4.78, 5) is 11.2. The second-order valence-electron chi connectivity index (χ2n) is 5.91. The maximum absolute atomic E-state index is 5.91. The third-order valence-electron chi connectivity index (χ3n) is 4.40. The molecule has 0 aromatic carbocycles. The Labute approximate surface area is 120 Å². The molecule has 5 heteroatoms. The number of nitrogen functional groups attached to an aromatic ring is 1. The van der Waals surface area contributed by atoms with E-state index in [1.165, 1.54) is 32.1 Å². The molecule has 1 aromatic rings. The first-order chi connectivity index (χ1) is 9.72. The molecule has 1 aromatic heterocycles. The number of aromatic nitrogens is 2. The van der Waals surface area contributed by atoms with Crippen molar-refractivity contribution < 1.29 is 4.74 Å². The molecule has 110 valence electrons. The van der Waals surface area contributed by atoms with Gasteiger partial charge in [0.25, 0.3) is 0 Å². The van der Waals surface area contributed by atoms with Crippen LogP contribution in [0.25, 0.3) is 0 Å². The van der Waals surface area contributed by atoms with Gasteiger partial charge in [-0.25, -0.2) is 9.97 Å². The molecule has 0 radical (unpaired) electrons. The summed E-state index contributed by atoms with van der Waals surface area (Å²) in [6.45, 7) is 4.63. The van der Waals surface area contributed by atoms with Crippen molar-refractivity contribution in [1.29, 1.82) is 0 Å². The maximum atomic E-state index is 5.91. The number of morpholine rings is 1. The highest BCUT2D eigenvalue weighted by atomic mass is 16.5. The third-order valence-corrected chi connectivity index (χ3v) is 4.40. The van der Waals surface area contributed by atoms with Crippen LogP contribution in [0.15, 0.2) is 6.07 Å². The average molecular weight is 276 g/mol. The smallest absolute Gasteiger partial charge is 0.128 e. The van der Waals surface area contributed by atoms with Crippen LogP contribution in [0.1, 0.15) is 49.7 Å². The van der Waals surface area contributed by atoms with Gasteiger partial charge in [0.2, 0.25) is 0 Å². The lowest BCUT2D eigenvalue weighted by molar-refractivity contribution is -0.0517. The number of rotatable bonds is 2. The van der Waals surface area contributed by atoms with Gasteiger partial charge >= 0.3 is 0 Å². The lowest BCUT2D eigenvalue weighted by Crippen LogP contribution is -2.45. The SMILES string of the molecule is Cc1nc(N)cc([C@@H]2CN(C3CCCCC3)CCO2)n1. The van der Waals surface area contributed by atoms with Crippen LogP contribution in [0, 0.1) is 6.92 Å². The second kappa shape index (κ2) is 6.06. The minimum Gasteiger partial charge on any atom is -0.384 e. The molecule has 2 fully saturated rings. The zero-order valence-corrected chi connectivity index (χ0v) is 12.2. The molecule has 2 heterocycles. The van der Waals surface area contributed by atoms with Crippen molar-refractivity contribution in [2.75, 3.05) is 25.4 Å². The van der Waals surface area contributed by atoms with Crippen molar-refractivity contribution in [2.24, 2.45) is 0 Å². The fourth-order valence-corrected chi connectivity index (χ4v) is 3.41. The van der Waals surface area contributed by atoms with Crippen LogP contribution in [-0.4, -0.2) is 40.6 Å². The maximum Gasteiger partial charge on any atom is 0.128 e. The topological polar surface area (TPSA) is 64.3 Å².